The van der Waals surface area contributed by atoms with Crippen LogP contribution in [-0.2, 0) is 28.9 Å². The molecule has 1 aromatic heterocycles. The molecule has 2 amide bonds. The van der Waals surface area contributed by atoms with E-state index in [0.717, 1.165) is 31.2 Å². The third kappa shape index (κ3) is 4.44. The summed E-state index contributed by atoms with van der Waals surface area (Å²) in [5, 5.41) is 19.0. The molecule has 39 heavy (non-hydrogen) atoms. The highest BCUT2D eigenvalue weighted by atomic mass is 19.1. The van der Waals surface area contributed by atoms with Gasteiger partial charge in [-0.05, 0) is 79.5 Å². The highest BCUT2D eigenvalue weighted by molar-refractivity contribution is 5.94. The van der Waals surface area contributed by atoms with Crippen molar-refractivity contribution in [1.29, 1.82) is 5.26 Å². The first-order valence-corrected chi connectivity index (χ1v) is 13.5. The molecule has 2 N–H and O–H groups in total. The van der Waals surface area contributed by atoms with Crippen LogP contribution in [0.4, 0.5) is 4.39 Å². The van der Waals surface area contributed by atoms with Crippen LogP contribution in [0.1, 0.15) is 71.9 Å². The molecular formula is C30H30FN5O3. The van der Waals surface area contributed by atoms with E-state index in [1.807, 2.05) is 17.0 Å². The fraction of sp³-hybridized carbons (Fsp3) is 0.400. The van der Waals surface area contributed by atoms with Gasteiger partial charge in [-0.3, -0.25) is 9.59 Å². The van der Waals surface area contributed by atoms with Crippen molar-refractivity contribution in [3.8, 4) is 11.8 Å². The number of phenolic OH excluding ortho intramolecular Hbond substituents is 1. The van der Waals surface area contributed by atoms with E-state index >= 15 is 0 Å². The zero-order valence-electron chi connectivity index (χ0n) is 21.6. The third-order valence-corrected chi connectivity index (χ3v) is 8.55. The SMILES string of the molecule is N#Cc1ccc(Cc2ncc(CC(=O)N3CCCC34CCN(C3CCCc5ccc(O)cc53)C4=O)[nH]2)cc1F. The predicted octanol–water partition coefficient (Wildman–Crippen LogP) is 3.93. The Morgan fingerprint density at radius 2 is 2.08 bits per heavy atom. The van der Waals surface area contributed by atoms with Crippen molar-refractivity contribution in [2.75, 3.05) is 13.1 Å². The summed E-state index contributed by atoms with van der Waals surface area (Å²) in [4.78, 5) is 38.7. The molecule has 2 aliphatic heterocycles. The van der Waals surface area contributed by atoms with Crippen LogP contribution in [-0.4, -0.2) is 55.3 Å². The molecule has 1 spiro atoms. The Hall–Kier alpha value is -4.19. The number of phenols is 1. The Bertz CT molecular complexity index is 1490. The molecule has 2 atom stereocenters. The van der Waals surface area contributed by atoms with E-state index < -0.39 is 11.4 Å². The summed E-state index contributed by atoms with van der Waals surface area (Å²) in [6.45, 7) is 1.14. The van der Waals surface area contributed by atoms with Crippen LogP contribution < -0.4 is 0 Å². The van der Waals surface area contributed by atoms with Gasteiger partial charge in [-0.2, -0.15) is 5.26 Å². The van der Waals surface area contributed by atoms with Gasteiger partial charge in [-0.25, -0.2) is 9.37 Å². The minimum absolute atomic E-state index is 0.00473. The number of nitriles is 1. The van der Waals surface area contributed by atoms with E-state index in [4.69, 9.17) is 5.26 Å². The first-order chi connectivity index (χ1) is 18.9. The monoisotopic (exact) mass is 527 g/mol. The summed E-state index contributed by atoms with van der Waals surface area (Å²) in [6, 6.07) is 11.6. The number of aromatic nitrogens is 2. The molecule has 0 radical (unpaired) electrons. The van der Waals surface area contributed by atoms with E-state index in [1.165, 1.54) is 17.7 Å². The topological polar surface area (TPSA) is 113 Å². The summed E-state index contributed by atoms with van der Waals surface area (Å²) in [7, 11) is 0. The van der Waals surface area contributed by atoms with Gasteiger partial charge in [0.1, 0.15) is 29.0 Å². The lowest BCUT2D eigenvalue weighted by molar-refractivity contribution is -0.147. The van der Waals surface area contributed by atoms with Crippen LogP contribution in [0.5, 0.6) is 5.75 Å². The average Bonchev–Trinajstić information content (AvgIpc) is 3.64. The van der Waals surface area contributed by atoms with Gasteiger partial charge in [-0.15, -0.1) is 0 Å². The molecule has 0 bridgehead atoms. The molecule has 1 aliphatic carbocycles. The molecular weight excluding hydrogens is 497 g/mol. The average molecular weight is 528 g/mol. The minimum Gasteiger partial charge on any atom is -0.508 e. The minimum atomic E-state index is -0.811. The molecule has 2 saturated heterocycles. The summed E-state index contributed by atoms with van der Waals surface area (Å²) in [5.74, 6) is 0.148. The Balaban J connectivity index is 1.16. The van der Waals surface area contributed by atoms with Crippen molar-refractivity contribution < 1.29 is 19.1 Å². The molecule has 0 saturated carbocycles. The maximum atomic E-state index is 14.0. The second-order valence-corrected chi connectivity index (χ2v) is 10.9. The van der Waals surface area contributed by atoms with Crippen LogP contribution in [0.3, 0.4) is 0 Å². The van der Waals surface area contributed by atoms with Crippen LogP contribution >= 0.6 is 0 Å². The Morgan fingerprint density at radius 1 is 1.21 bits per heavy atom. The number of halogens is 1. The number of hydrogen-bond donors (Lipinski definition) is 2. The molecule has 3 aromatic rings. The number of H-pyrrole nitrogens is 1. The normalized spacial score (nSPS) is 22.4. The molecule has 3 aliphatic rings. The molecule has 3 heterocycles. The zero-order chi connectivity index (χ0) is 27.1. The number of imidazole rings is 1. The molecule has 2 aromatic carbocycles. The molecule has 8 nitrogen and oxygen atoms in total. The number of aromatic amines is 1. The fourth-order valence-electron chi connectivity index (χ4n) is 6.68. The zero-order valence-corrected chi connectivity index (χ0v) is 21.6. The van der Waals surface area contributed by atoms with Crippen LogP contribution in [0.15, 0.2) is 42.6 Å². The number of aryl methyl sites for hydroxylation is 1. The number of carbonyl (C=O) groups excluding carboxylic acids is 2. The maximum Gasteiger partial charge on any atom is 0.249 e. The molecule has 200 valence electrons. The summed E-state index contributed by atoms with van der Waals surface area (Å²) in [6.07, 6.45) is 6.89. The first kappa shape index (κ1) is 25.1. The van der Waals surface area contributed by atoms with E-state index in [1.54, 1.807) is 29.3 Å². The van der Waals surface area contributed by atoms with Gasteiger partial charge in [0.05, 0.1) is 18.0 Å². The van der Waals surface area contributed by atoms with E-state index in [2.05, 4.69) is 9.97 Å². The standard InChI is InChI=1S/C30H30FN5O3/c31-25-13-19(5-6-21(25)17-32)14-27-33-18-22(34-27)15-28(38)36-11-2-9-30(36)10-12-35(29(30)39)26-4-1-3-20-7-8-23(37)16-24(20)26/h5-8,13,16,18,26,37H,1-4,9-12,14-15H2,(H,33,34). The molecule has 6 rings (SSSR count). The van der Waals surface area contributed by atoms with Crippen LogP contribution in [0.2, 0.25) is 0 Å². The summed E-state index contributed by atoms with van der Waals surface area (Å²) in [5.41, 5.74) is 2.70. The number of carbonyl (C=O) groups is 2. The maximum absolute atomic E-state index is 14.0. The lowest BCUT2D eigenvalue weighted by atomic mass is 9.86. The summed E-state index contributed by atoms with van der Waals surface area (Å²) >= 11 is 0. The van der Waals surface area contributed by atoms with Crippen molar-refractivity contribution in [2.24, 2.45) is 0 Å². The highest BCUT2D eigenvalue weighted by Gasteiger charge is 2.56. The lowest BCUT2D eigenvalue weighted by Crippen LogP contribution is -2.53. The van der Waals surface area contributed by atoms with Crippen molar-refractivity contribution in [1.82, 2.24) is 19.8 Å². The largest absolute Gasteiger partial charge is 0.508 e. The second kappa shape index (κ2) is 9.84. The van der Waals surface area contributed by atoms with Crippen LogP contribution in [0, 0.1) is 17.1 Å². The third-order valence-electron chi connectivity index (χ3n) is 8.55. The van der Waals surface area contributed by atoms with E-state index in [0.29, 0.717) is 49.4 Å². The number of aromatic hydroxyl groups is 1. The number of fused-ring (bicyclic) bond motifs is 1. The van der Waals surface area contributed by atoms with Gasteiger partial charge < -0.3 is 19.9 Å². The quantitative estimate of drug-likeness (QED) is 0.522. The highest BCUT2D eigenvalue weighted by Crippen LogP contribution is 2.45. The molecule has 2 fully saturated rings. The predicted molar refractivity (Wildman–Crippen MR) is 140 cm³/mol. The number of hydrogen-bond acceptors (Lipinski definition) is 5. The second-order valence-electron chi connectivity index (χ2n) is 10.9. The van der Waals surface area contributed by atoms with Gasteiger partial charge in [0.2, 0.25) is 11.8 Å². The number of amides is 2. The number of benzene rings is 2. The van der Waals surface area contributed by atoms with E-state index in [9.17, 15) is 19.1 Å². The van der Waals surface area contributed by atoms with Gasteiger partial charge in [0.25, 0.3) is 0 Å². The van der Waals surface area contributed by atoms with Crippen LogP contribution in [0.25, 0.3) is 0 Å². The van der Waals surface area contributed by atoms with Crippen molar-refractivity contribution in [3.05, 3.63) is 82.2 Å². The number of likely N-dealkylation sites (tertiary alicyclic amines) is 2. The van der Waals surface area contributed by atoms with Crippen molar-refractivity contribution in [3.63, 3.8) is 0 Å². The Labute approximate surface area is 226 Å². The number of nitrogens with zero attached hydrogens (tertiary/aromatic N) is 4. The molecule has 2 unspecified atom stereocenters. The smallest absolute Gasteiger partial charge is 0.249 e. The van der Waals surface area contributed by atoms with Gasteiger partial charge in [0, 0.05) is 31.4 Å². The summed E-state index contributed by atoms with van der Waals surface area (Å²) < 4.78 is 14.0. The number of rotatable bonds is 5. The fourth-order valence-corrected chi connectivity index (χ4v) is 6.68. The Kier molecular flexibility index (Phi) is 6.34. The van der Waals surface area contributed by atoms with Gasteiger partial charge in [-0.1, -0.05) is 12.1 Å². The number of nitrogens with one attached hydrogen (secondary N) is 1. The van der Waals surface area contributed by atoms with Gasteiger partial charge in [0.15, 0.2) is 0 Å². The Morgan fingerprint density at radius 3 is 2.90 bits per heavy atom. The van der Waals surface area contributed by atoms with E-state index in [-0.39, 0.29) is 35.6 Å². The molecule has 9 heteroatoms. The van der Waals surface area contributed by atoms with Gasteiger partial charge >= 0.3 is 0 Å². The first-order valence-electron chi connectivity index (χ1n) is 13.5. The van der Waals surface area contributed by atoms with Crippen molar-refractivity contribution >= 4 is 11.8 Å². The van der Waals surface area contributed by atoms with Crippen molar-refractivity contribution in [2.45, 2.75) is 62.9 Å². The lowest BCUT2D eigenvalue weighted by Gasteiger charge is -2.37.